The number of nitrogens with one attached hydrogen (secondary N) is 1. The van der Waals surface area contributed by atoms with Gasteiger partial charge >= 0.3 is 5.97 Å². The first-order valence-corrected chi connectivity index (χ1v) is 32.6. The molecule has 72 heavy (non-hydrogen) atoms. The highest BCUT2D eigenvalue weighted by Gasteiger charge is 2.20. The SMILES string of the molecule is CCCCCCCCCCCCCCCCCCCCCCCCCCCC(O)C(CO)NC(=O)CCCCCCCCC/C=C\C/C=C\CCCCCOC(=O)CCCCCCCCCCCCCCC. The Morgan fingerprint density at radius 3 is 1.06 bits per heavy atom. The van der Waals surface area contributed by atoms with E-state index in [-0.39, 0.29) is 18.5 Å². The monoisotopic (exact) mass is 1010 g/mol. The number of carbonyl (C=O) groups is 2. The fourth-order valence-corrected chi connectivity index (χ4v) is 10.3. The average Bonchev–Trinajstić information content (AvgIpc) is 3.38. The number of unbranched alkanes of at least 4 members (excludes halogenated alkanes) is 46. The Hall–Kier alpha value is -1.66. The number of carbonyl (C=O) groups excluding carboxylic acids is 2. The minimum Gasteiger partial charge on any atom is -0.466 e. The van der Waals surface area contributed by atoms with Gasteiger partial charge in [0.05, 0.1) is 25.4 Å². The molecular formula is C66H127NO5. The summed E-state index contributed by atoms with van der Waals surface area (Å²) in [7, 11) is 0. The molecule has 0 spiro atoms. The summed E-state index contributed by atoms with van der Waals surface area (Å²) in [5.74, 6) is -0.0600. The molecule has 0 fully saturated rings. The summed E-state index contributed by atoms with van der Waals surface area (Å²) in [5.41, 5.74) is 0. The first-order chi connectivity index (χ1) is 35.5. The van der Waals surface area contributed by atoms with Gasteiger partial charge in [-0.05, 0) is 64.2 Å². The lowest BCUT2D eigenvalue weighted by atomic mass is 10.0. The van der Waals surface area contributed by atoms with Gasteiger partial charge in [-0.15, -0.1) is 0 Å². The van der Waals surface area contributed by atoms with Crippen LogP contribution in [0.15, 0.2) is 24.3 Å². The molecule has 3 N–H and O–H groups in total. The molecule has 2 unspecified atom stereocenters. The lowest BCUT2D eigenvalue weighted by molar-refractivity contribution is -0.143. The maximum absolute atomic E-state index is 12.5. The van der Waals surface area contributed by atoms with Gasteiger partial charge in [0.25, 0.3) is 0 Å². The zero-order valence-electron chi connectivity index (χ0n) is 48.7. The number of rotatable bonds is 61. The van der Waals surface area contributed by atoms with Crippen molar-refractivity contribution in [3.8, 4) is 0 Å². The Morgan fingerprint density at radius 1 is 0.389 bits per heavy atom. The topological polar surface area (TPSA) is 95.9 Å². The van der Waals surface area contributed by atoms with E-state index < -0.39 is 12.1 Å². The summed E-state index contributed by atoms with van der Waals surface area (Å²) in [6.07, 6.45) is 76.3. The molecule has 0 saturated heterocycles. The van der Waals surface area contributed by atoms with E-state index in [4.69, 9.17) is 4.74 Å². The van der Waals surface area contributed by atoms with Crippen LogP contribution in [0.4, 0.5) is 0 Å². The summed E-state index contributed by atoms with van der Waals surface area (Å²) in [6.45, 7) is 4.94. The van der Waals surface area contributed by atoms with Crippen LogP contribution in [0, 0.1) is 0 Å². The Balaban J connectivity index is 3.47. The predicted molar refractivity (Wildman–Crippen MR) is 315 cm³/mol. The largest absolute Gasteiger partial charge is 0.466 e. The summed E-state index contributed by atoms with van der Waals surface area (Å²) >= 11 is 0. The summed E-state index contributed by atoms with van der Waals surface area (Å²) in [6, 6.07) is -0.555. The van der Waals surface area contributed by atoms with Crippen LogP contribution >= 0.6 is 0 Å². The molecule has 1 amide bonds. The molecule has 6 heteroatoms. The van der Waals surface area contributed by atoms with Gasteiger partial charge < -0.3 is 20.3 Å². The molecule has 0 aliphatic heterocycles. The van der Waals surface area contributed by atoms with Gasteiger partial charge in [0.1, 0.15) is 0 Å². The van der Waals surface area contributed by atoms with Crippen LogP contribution < -0.4 is 5.32 Å². The second-order valence-electron chi connectivity index (χ2n) is 22.5. The normalized spacial score (nSPS) is 12.7. The second-order valence-corrected chi connectivity index (χ2v) is 22.5. The molecule has 0 aromatic carbocycles. The van der Waals surface area contributed by atoms with Crippen molar-refractivity contribution in [2.45, 2.75) is 373 Å². The van der Waals surface area contributed by atoms with E-state index in [0.717, 1.165) is 83.5 Å². The zero-order chi connectivity index (χ0) is 52.2. The van der Waals surface area contributed by atoms with Gasteiger partial charge in [-0.2, -0.15) is 0 Å². The van der Waals surface area contributed by atoms with Gasteiger partial charge in [0.15, 0.2) is 0 Å². The van der Waals surface area contributed by atoms with Crippen LogP contribution in [0.1, 0.15) is 361 Å². The van der Waals surface area contributed by atoms with Crippen molar-refractivity contribution < 1.29 is 24.5 Å². The van der Waals surface area contributed by atoms with Crippen LogP contribution in [-0.4, -0.2) is 47.4 Å². The average molecular weight is 1010 g/mol. The van der Waals surface area contributed by atoms with E-state index in [2.05, 4.69) is 43.5 Å². The molecule has 0 radical (unpaired) electrons. The maximum atomic E-state index is 12.5. The minimum atomic E-state index is -0.676. The number of amides is 1. The van der Waals surface area contributed by atoms with E-state index >= 15 is 0 Å². The quantitative estimate of drug-likeness (QED) is 0.0320. The van der Waals surface area contributed by atoms with E-state index in [1.807, 2.05) is 0 Å². The highest BCUT2D eigenvalue weighted by molar-refractivity contribution is 5.76. The van der Waals surface area contributed by atoms with Crippen LogP contribution in [0.2, 0.25) is 0 Å². The van der Waals surface area contributed by atoms with E-state index in [0.29, 0.717) is 25.9 Å². The number of hydrogen-bond acceptors (Lipinski definition) is 5. The number of hydrogen-bond donors (Lipinski definition) is 3. The van der Waals surface area contributed by atoms with Crippen molar-refractivity contribution in [3.05, 3.63) is 24.3 Å². The van der Waals surface area contributed by atoms with Crippen molar-refractivity contribution in [2.75, 3.05) is 13.2 Å². The lowest BCUT2D eigenvalue weighted by Crippen LogP contribution is -2.45. The minimum absolute atomic E-state index is 0.0130. The van der Waals surface area contributed by atoms with Crippen molar-refractivity contribution >= 4 is 11.9 Å². The number of esters is 1. The molecule has 0 aliphatic rings. The molecule has 0 rings (SSSR count). The van der Waals surface area contributed by atoms with E-state index in [1.165, 1.54) is 244 Å². The molecular weight excluding hydrogens is 887 g/mol. The van der Waals surface area contributed by atoms with Crippen LogP contribution in [0.3, 0.4) is 0 Å². The van der Waals surface area contributed by atoms with Crippen LogP contribution in [0.5, 0.6) is 0 Å². The number of aliphatic hydroxyl groups is 2. The first-order valence-electron chi connectivity index (χ1n) is 32.6. The van der Waals surface area contributed by atoms with E-state index in [1.54, 1.807) is 0 Å². The zero-order valence-corrected chi connectivity index (χ0v) is 48.7. The Bertz CT molecular complexity index is 1120. The van der Waals surface area contributed by atoms with Gasteiger partial charge in [0.2, 0.25) is 5.91 Å². The molecule has 426 valence electrons. The molecule has 0 aromatic heterocycles. The van der Waals surface area contributed by atoms with Gasteiger partial charge in [-0.3, -0.25) is 9.59 Å². The molecule has 0 saturated carbocycles. The predicted octanol–water partition coefficient (Wildman–Crippen LogP) is 20.6. The Kier molecular flexibility index (Phi) is 60.5. The van der Waals surface area contributed by atoms with E-state index in [9.17, 15) is 19.8 Å². The molecule has 0 aromatic rings. The third-order valence-corrected chi connectivity index (χ3v) is 15.3. The standard InChI is InChI=1S/C66H127NO5/c1-3-5-7-9-11-13-15-17-18-19-20-21-22-23-24-25-26-28-31-35-38-42-46-50-54-58-64(69)63(62-68)67-65(70)59-55-51-47-43-39-36-32-29-27-30-33-37-41-45-49-53-57-61-72-66(71)60-56-52-48-44-40-34-16-14-12-10-8-6-4-2/h27,30,37,41,63-64,68-69H,3-26,28-29,31-36,38-40,42-62H2,1-2H3,(H,67,70)/b30-27-,41-37-. The fraction of sp³-hybridized carbons (Fsp3) is 0.909. The third-order valence-electron chi connectivity index (χ3n) is 15.3. The molecule has 6 nitrogen and oxygen atoms in total. The van der Waals surface area contributed by atoms with Gasteiger partial charge in [-0.1, -0.05) is 308 Å². The van der Waals surface area contributed by atoms with Crippen LogP contribution in [-0.2, 0) is 14.3 Å². The number of aliphatic hydroxyl groups excluding tert-OH is 2. The first kappa shape index (κ1) is 70.3. The number of allylic oxidation sites excluding steroid dienone is 4. The Labute approximate surface area is 450 Å². The molecule has 0 bridgehead atoms. The van der Waals surface area contributed by atoms with Crippen molar-refractivity contribution in [2.24, 2.45) is 0 Å². The van der Waals surface area contributed by atoms with Crippen molar-refractivity contribution in [3.63, 3.8) is 0 Å². The maximum Gasteiger partial charge on any atom is 0.305 e. The summed E-state index contributed by atoms with van der Waals surface area (Å²) in [4.78, 5) is 24.6. The van der Waals surface area contributed by atoms with Gasteiger partial charge in [0, 0.05) is 12.8 Å². The lowest BCUT2D eigenvalue weighted by Gasteiger charge is -2.22. The fourth-order valence-electron chi connectivity index (χ4n) is 10.3. The Morgan fingerprint density at radius 2 is 0.694 bits per heavy atom. The molecule has 2 atom stereocenters. The summed E-state index contributed by atoms with van der Waals surface area (Å²) < 4.78 is 5.45. The molecule has 0 heterocycles. The van der Waals surface area contributed by atoms with Crippen LogP contribution in [0.25, 0.3) is 0 Å². The number of ether oxygens (including phenoxy) is 1. The second kappa shape index (κ2) is 61.9. The van der Waals surface area contributed by atoms with Crippen molar-refractivity contribution in [1.82, 2.24) is 5.32 Å². The highest BCUT2D eigenvalue weighted by Crippen LogP contribution is 2.18. The molecule has 0 aliphatic carbocycles. The summed E-state index contributed by atoms with van der Waals surface area (Å²) in [5, 5.41) is 23.4. The van der Waals surface area contributed by atoms with Crippen molar-refractivity contribution in [1.29, 1.82) is 0 Å². The van der Waals surface area contributed by atoms with Gasteiger partial charge in [-0.25, -0.2) is 0 Å². The third kappa shape index (κ3) is 57.6. The highest BCUT2D eigenvalue weighted by atomic mass is 16.5. The smallest absolute Gasteiger partial charge is 0.305 e.